The number of hydrogen-bond donors (Lipinski definition) is 2. The van der Waals surface area contributed by atoms with E-state index >= 15 is 0 Å². The first kappa shape index (κ1) is 19.8. The SMILES string of the molecule is CC(Oc1ccccc1C(N)=O)c1ccc(F)c(C(=O)N2CCCNCC2)c1. The third kappa shape index (κ3) is 4.48. The van der Waals surface area contributed by atoms with Gasteiger partial charge in [0, 0.05) is 19.6 Å². The summed E-state index contributed by atoms with van der Waals surface area (Å²) in [6.07, 6.45) is 0.328. The summed E-state index contributed by atoms with van der Waals surface area (Å²) >= 11 is 0. The minimum absolute atomic E-state index is 0.0260. The summed E-state index contributed by atoms with van der Waals surface area (Å²) in [5.74, 6) is -1.13. The average molecular weight is 385 g/mol. The van der Waals surface area contributed by atoms with Crippen molar-refractivity contribution in [3.8, 4) is 5.75 Å². The fourth-order valence-electron chi connectivity index (χ4n) is 3.21. The molecule has 0 spiro atoms. The Kier molecular flexibility index (Phi) is 6.26. The maximum atomic E-state index is 14.4. The first-order chi connectivity index (χ1) is 13.5. The van der Waals surface area contributed by atoms with Gasteiger partial charge in [0.15, 0.2) is 0 Å². The molecule has 3 rings (SSSR count). The number of nitrogens with zero attached hydrogens (tertiary/aromatic N) is 1. The van der Waals surface area contributed by atoms with Gasteiger partial charge in [-0.1, -0.05) is 18.2 Å². The van der Waals surface area contributed by atoms with Gasteiger partial charge in [-0.2, -0.15) is 0 Å². The highest BCUT2D eigenvalue weighted by Crippen LogP contribution is 2.26. The van der Waals surface area contributed by atoms with Crippen LogP contribution in [0.1, 0.15) is 45.7 Å². The van der Waals surface area contributed by atoms with Gasteiger partial charge in [0.2, 0.25) is 0 Å². The zero-order chi connectivity index (χ0) is 20.1. The van der Waals surface area contributed by atoms with E-state index < -0.39 is 17.8 Å². The molecule has 148 valence electrons. The van der Waals surface area contributed by atoms with Crippen molar-refractivity contribution >= 4 is 11.8 Å². The van der Waals surface area contributed by atoms with Crippen molar-refractivity contribution in [2.24, 2.45) is 5.73 Å². The lowest BCUT2D eigenvalue weighted by molar-refractivity contribution is 0.0761. The highest BCUT2D eigenvalue weighted by Gasteiger charge is 2.22. The number of nitrogens with two attached hydrogens (primary N) is 1. The highest BCUT2D eigenvalue weighted by atomic mass is 19.1. The van der Waals surface area contributed by atoms with Crippen molar-refractivity contribution in [3.05, 3.63) is 65.0 Å². The number of carbonyl (C=O) groups is 2. The zero-order valence-electron chi connectivity index (χ0n) is 15.8. The molecule has 0 saturated carbocycles. The third-order valence-corrected chi connectivity index (χ3v) is 4.77. The van der Waals surface area contributed by atoms with Crippen LogP contribution in [0.5, 0.6) is 5.75 Å². The standard InChI is InChI=1S/C21H24FN3O3/c1-14(28-19-6-3-2-5-16(19)20(23)26)15-7-8-18(22)17(13-15)21(27)25-11-4-9-24-10-12-25/h2-3,5-8,13-14,24H,4,9-12H2,1H3,(H2,23,26). The van der Waals surface area contributed by atoms with E-state index in [9.17, 15) is 14.0 Å². The summed E-state index contributed by atoms with van der Waals surface area (Å²) in [5, 5.41) is 3.22. The second kappa shape index (κ2) is 8.84. The molecule has 6 nitrogen and oxygen atoms in total. The topological polar surface area (TPSA) is 84.7 Å². The van der Waals surface area contributed by atoms with Gasteiger partial charge >= 0.3 is 0 Å². The lowest BCUT2D eigenvalue weighted by Crippen LogP contribution is -2.34. The molecule has 1 atom stereocenters. The van der Waals surface area contributed by atoms with E-state index in [1.54, 1.807) is 42.2 Å². The number of nitrogens with one attached hydrogen (secondary N) is 1. The van der Waals surface area contributed by atoms with Crippen molar-refractivity contribution in [2.75, 3.05) is 26.2 Å². The number of amides is 2. The molecule has 2 aromatic carbocycles. The maximum Gasteiger partial charge on any atom is 0.256 e. The Morgan fingerprint density at radius 2 is 1.93 bits per heavy atom. The van der Waals surface area contributed by atoms with Crippen molar-refractivity contribution in [1.29, 1.82) is 0 Å². The number of primary amides is 1. The van der Waals surface area contributed by atoms with E-state index in [0.717, 1.165) is 13.0 Å². The molecule has 0 aromatic heterocycles. The predicted octanol–water partition coefficient (Wildman–Crippen LogP) is 2.50. The number of rotatable bonds is 5. The molecular formula is C21H24FN3O3. The van der Waals surface area contributed by atoms with Crippen LogP contribution in [-0.4, -0.2) is 42.9 Å². The highest BCUT2D eigenvalue weighted by molar-refractivity contribution is 5.96. The van der Waals surface area contributed by atoms with E-state index in [1.807, 2.05) is 0 Å². The van der Waals surface area contributed by atoms with Gasteiger partial charge in [0.1, 0.15) is 17.7 Å². The van der Waals surface area contributed by atoms with Gasteiger partial charge in [-0.05, 0) is 49.7 Å². The first-order valence-electron chi connectivity index (χ1n) is 9.32. The Hall–Kier alpha value is -2.93. The molecule has 1 saturated heterocycles. The smallest absolute Gasteiger partial charge is 0.256 e. The molecule has 1 aliphatic heterocycles. The van der Waals surface area contributed by atoms with E-state index in [0.29, 0.717) is 30.9 Å². The van der Waals surface area contributed by atoms with Crippen LogP contribution >= 0.6 is 0 Å². The minimum Gasteiger partial charge on any atom is -0.485 e. The lowest BCUT2D eigenvalue weighted by atomic mass is 10.0. The monoisotopic (exact) mass is 385 g/mol. The number of hydrogen-bond acceptors (Lipinski definition) is 4. The van der Waals surface area contributed by atoms with E-state index in [4.69, 9.17) is 10.5 Å². The number of benzene rings is 2. The fourth-order valence-corrected chi connectivity index (χ4v) is 3.21. The van der Waals surface area contributed by atoms with E-state index in [2.05, 4.69) is 5.32 Å². The van der Waals surface area contributed by atoms with Gasteiger partial charge in [0.25, 0.3) is 11.8 Å². The van der Waals surface area contributed by atoms with Crippen molar-refractivity contribution in [3.63, 3.8) is 0 Å². The van der Waals surface area contributed by atoms with Crippen LogP contribution in [0.15, 0.2) is 42.5 Å². The van der Waals surface area contributed by atoms with E-state index in [-0.39, 0.29) is 17.0 Å². The largest absolute Gasteiger partial charge is 0.485 e. The molecule has 2 amide bonds. The summed E-state index contributed by atoms with van der Waals surface area (Å²) in [4.78, 5) is 26.0. The molecule has 0 bridgehead atoms. The average Bonchev–Trinajstić information content (AvgIpc) is 2.97. The predicted molar refractivity (Wildman–Crippen MR) is 104 cm³/mol. The normalized spacial score (nSPS) is 15.6. The van der Waals surface area contributed by atoms with Crippen LogP contribution in [0.25, 0.3) is 0 Å². The number of carbonyl (C=O) groups excluding carboxylic acids is 2. The van der Waals surface area contributed by atoms with Gasteiger partial charge < -0.3 is 20.7 Å². The van der Waals surface area contributed by atoms with Crippen molar-refractivity contribution in [1.82, 2.24) is 10.2 Å². The maximum absolute atomic E-state index is 14.4. The fraction of sp³-hybridized carbons (Fsp3) is 0.333. The molecule has 7 heteroatoms. The Morgan fingerprint density at radius 3 is 2.71 bits per heavy atom. The van der Waals surface area contributed by atoms with Crippen LogP contribution in [0.4, 0.5) is 4.39 Å². The van der Waals surface area contributed by atoms with Crippen LogP contribution in [-0.2, 0) is 0 Å². The van der Waals surface area contributed by atoms with Crippen molar-refractivity contribution in [2.45, 2.75) is 19.4 Å². The Balaban J connectivity index is 1.82. The van der Waals surface area contributed by atoms with E-state index in [1.165, 1.54) is 12.1 Å². The van der Waals surface area contributed by atoms with Crippen LogP contribution in [0.2, 0.25) is 0 Å². The zero-order valence-corrected chi connectivity index (χ0v) is 15.8. The lowest BCUT2D eigenvalue weighted by Gasteiger charge is -2.22. The molecule has 1 aliphatic rings. The van der Waals surface area contributed by atoms with Crippen LogP contribution in [0, 0.1) is 5.82 Å². The molecule has 3 N–H and O–H groups in total. The second-order valence-electron chi connectivity index (χ2n) is 6.76. The molecule has 1 heterocycles. The summed E-state index contributed by atoms with van der Waals surface area (Å²) in [6, 6.07) is 11.0. The summed E-state index contributed by atoms with van der Waals surface area (Å²) in [7, 11) is 0. The van der Waals surface area contributed by atoms with Crippen LogP contribution in [0.3, 0.4) is 0 Å². The first-order valence-corrected chi connectivity index (χ1v) is 9.32. The minimum atomic E-state index is -0.590. The number of para-hydroxylation sites is 1. The van der Waals surface area contributed by atoms with Crippen LogP contribution < -0.4 is 15.8 Å². The molecule has 0 radical (unpaired) electrons. The van der Waals surface area contributed by atoms with Gasteiger partial charge in [-0.15, -0.1) is 0 Å². The molecule has 1 fully saturated rings. The summed E-state index contributed by atoms with van der Waals surface area (Å²) in [5.41, 5.74) is 6.31. The quantitative estimate of drug-likeness (QED) is 0.828. The molecule has 2 aromatic rings. The molecular weight excluding hydrogens is 361 g/mol. The molecule has 28 heavy (non-hydrogen) atoms. The molecule has 1 unspecified atom stereocenters. The summed E-state index contributed by atoms with van der Waals surface area (Å²) in [6.45, 7) is 4.44. The van der Waals surface area contributed by atoms with Gasteiger partial charge in [-0.25, -0.2) is 4.39 Å². The number of ether oxygens (including phenoxy) is 1. The van der Waals surface area contributed by atoms with Gasteiger partial charge in [-0.3, -0.25) is 9.59 Å². The molecule has 0 aliphatic carbocycles. The van der Waals surface area contributed by atoms with Crippen molar-refractivity contribution < 1.29 is 18.7 Å². The second-order valence-corrected chi connectivity index (χ2v) is 6.76. The Bertz CT molecular complexity index is 864. The van der Waals surface area contributed by atoms with Gasteiger partial charge in [0.05, 0.1) is 11.1 Å². The third-order valence-electron chi connectivity index (χ3n) is 4.77. The Morgan fingerprint density at radius 1 is 1.14 bits per heavy atom. The number of halogens is 1. The Labute approximate surface area is 163 Å². The summed E-state index contributed by atoms with van der Waals surface area (Å²) < 4.78 is 20.2.